The zero-order valence-electron chi connectivity index (χ0n) is 12.3. The largest absolute Gasteiger partial charge is 0.377 e. The summed E-state index contributed by atoms with van der Waals surface area (Å²) >= 11 is 0. The molecule has 1 fully saturated rings. The molecule has 0 spiro atoms. The van der Waals surface area contributed by atoms with Gasteiger partial charge < -0.3 is 20.4 Å². The Kier molecular flexibility index (Phi) is 5.70. The van der Waals surface area contributed by atoms with Crippen molar-refractivity contribution in [3.05, 3.63) is 11.9 Å². The van der Waals surface area contributed by atoms with Crippen LogP contribution in [-0.2, 0) is 16.1 Å². The molecule has 1 amide bonds. The number of amides is 1. The van der Waals surface area contributed by atoms with Crippen LogP contribution in [-0.4, -0.2) is 47.5 Å². The van der Waals surface area contributed by atoms with Gasteiger partial charge in [0.05, 0.1) is 0 Å². The Balaban J connectivity index is 1.86. The van der Waals surface area contributed by atoms with Crippen LogP contribution in [0.5, 0.6) is 0 Å². The lowest BCUT2D eigenvalue weighted by Crippen LogP contribution is -2.29. The molecule has 0 aromatic carbocycles. The lowest BCUT2D eigenvalue weighted by Gasteiger charge is -2.15. The predicted molar refractivity (Wildman–Crippen MR) is 79.5 cm³/mol. The first-order valence-electron chi connectivity index (χ1n) is 7.08. The van der Waals surface area contributed by atoms with E-state index in [0.717, 1.165) is 25.9 Å². The van der Waals surface area contributed by atoms with Crippen LogP contribution in [0.1, 0.15) is 25.1 Å². The number of nitrogens with zero attached hydrogens (tertiary/aromatic N) is 3. The van der Waals surface area contributed by atoms with Gasteiger partial charge >= 0.3 is 0 Å². The molecule has 8 heteroatoms. The van der Waals surface area contributed by atoms with Crippen molar-refractivity contribution in [2.45, 2.75) is 25.9 Å². The maximum atomic E-state index is 11.9. The third kappa shape index (κ3) is 4.54. The summed E-state index contributed by atoms with van der Waals surface area (Å²) in [6.45, 7) is 2.59. The molecule has 1 aromatic rings. The predicted octanol–water partition coefficient (Wildman–Crippen LogP) is 0.333. The molecule has 2 heterocycles. The number of nitrogen functional groups attached to an aromatic ring is 1. The molecule has 0 aliphatic carbocycles. The second kappa shape index (κ2) is 7.75. The molecule has 0 bridgehead atoms. The zero-order valence-corrected chi connectivity index (χ0v) is 12.3. The molecule has 1 saturated heterocycles. The van der Waals surface area contributed by atoms with Crippen molar-refractivity contribution in [3.63, 3.8) is 0 Å². The Bertz CT molecular complexity index is 476. The molecule has 0 saturated carbocycles. The summed E-state index contributed by atoms with van der Waals surface area (Å²) in [4.78, 5) is 22.3. The Hall–Kier alpha value is -1.93. The van der Waals surface area contributed by atoms with Crippen molar-refractivity contribution in [1.29, 1.82) is 0 Å². The van der Waals surface area contributed by atoms with Crippen LogP contribution in [0.3, 0.4) is 0 Å². The number of carbonyl (C=O) groups is 1. The van der Waals surface area contributed by atoms with Gasteiger partial charge in [0.2, 0.25) is 5.91 Å². The van der Waals surface area contributed by atoms with Gasteiger partial charge in [0.15, 0.2) is 5.82 Å². The first-order chi connectivity index (χ1) is 10.2. The quantitative estimate of drug-likeness (QED) is 0.491. The SMILES string of the molecule is COCc1nc(NN)cc(NCCC(=O)N2CCCC2)n1. The lowest BCUT2D eigenvalue weighted by molar-refractivity contribution is -0.129. The van der Waals surface area contributed by atoms with E-state index in [0.29, 0.717) is 37.0 Å². The number of rotatable bonds is 7. The molecule has 116 valence electrons. The number of hydrogen-bond donors (Lipinski definition) is 3. The van der Waals surface area contributed by atoms with E-state index in [9.17, 15) is 4.79 Å². The van der Waals surface area contributed by atoms with E-state index in [-0.39, 0.29) is 5.91 Å². The van der Waals surface area contributed by atoms with E-state index < -0.39 is 0 Å². The van der Waals surface area contributed by atoms with E-state index >= 15 is 0 Å². The van der Waals surface area contributed by atoms with Crippen molar-refractivity contribution in [1.82, 2.24) is 14.9 Å². The summed E-state index contributed by atoms with van der Waals surface area (Å²) in [5, 5.41) is 3.12. The van der Waals surface area contributed by atoms with Crippen LogP contribution in [0.2, 0.25) is 0 Å². The first-order valence-corrected chi connectivity index (χ1v) is 7.08. The molecule has 1 aromatic heterocycles. The van der Waals surface area contributed by atoms with Crippen LogP contribution in [0.15, 0.2) is 6.07 Å². The number of anilines is 2. The smallest absolute Gasteiger partial charge is 0.224 e. The molecule has 8 nitrogen and oxygen atoms in total. The van der Waals surface area contributed by atoms with Crippen molar-refractivity contribution in [3.8, 4) is 0 Å². The summed E-state index contributed by atoms with van der Waals surface area (Å²) < 4.78 is 5.01. The monoisotopic (exact) mass is 294 g/mol. The number of ether oxygens (including phenoxy) is 1. The molecule has 0 radical (unpaired) electrons. The minimum absolute atomic E-state index is 0.184. The van der Waals surface area contributed by atoms with Crippen LogP contribution in [0.4, 0.5) is 11.6 Å². The van der Waals surface area contributed by atoms with Crippen molar-refractivity contribution >= 4 is 17.5 Å². The molecular weight excluding hydrogens is 272 g/mol. The van der Waals surface area contributed by atoms with Crippen molar-refractivity contribution in [2.24, 2.45) is 5.84 Å². The van der Waals surface area contributed by atoms with Gasteiger partial charge in [-0.2, -0.15) is 0 Å². The first kappa shape index (κ1) is 15.5. The molecule has 1 aliphatic rings. The standard InChI is InChI=1S/C13H22N6O2/c1-21-9-12-16-10(8-11(17-12)18-14)15-5-4-13(20)19-6-2-3-7-19/h8H,2-7,9,14H2,1H3,(H2,15,16,17,18). The van der Waals surface area contributed by atoms with Crippen molar-refractivity contribution in [2.75, 3.05) is 37.5 Å². The second-order valence-corrected chi connectivity index (χ2v) is 4.90. The number of nitrogens with one attached hydrogen (secondary N) is 2. The van der Waals surface area contributed by atoms with Gasteiger partial charge in [-0.05, 0) is 12.8 Å². The van der Waals surface area contributed by atoms with Crippen molar-refractivity contribution < 1.29 is 9.53 Å². The number of aromatic nitrogens is 2. The molecule has 4 N–H and O–H groups in total. The van der Waals surface area contributed by atoms with Crippen LogP contribution in [0.25, 0.3) is 0 Å². The molecule has 21 heavy (non-hydrogen) atoms. The van der Waals surface area contributed by atoms with Crippen LogP contribution < -0.4 is 16.6 Å². The molecule has 2 rings (SSSR count). The van der Waals surface area contributed by atoms with Gasteiger partial charge in [-0.1, -0.05) is 0 Å². The average molecular weight is 294 g/mol. The Morgan fingerprint density at radius 2 is 2.10 bits per heavy atom. The van der Waals surface area contributed by atoms with Gasteiger partial charge in [0.25, 0.3) is 0 Å². The summed E-state index contributed by atoms with van der Waals surface area (Å²) in [5.74, 6) is 7.22. The highest BCUT2D eigenvalue weighted by Crippen LogP contribution is 2.12. The topological polar surface area (TPSA) is 105 Å². The van der Waals surface area contributed by atoms with Crippen LogP contribution in [0, 0.1) is 0 Å². The second-order valence-electron chi connectivity index (χ2n) is 4.90. The highest BCUT2D eigenvalue weighted by atomic mass is 16.5. The molecule has 0 atom stereocenters. The van der Waals surface area contributed by atoms with Gasteiger partial charge in [0.1, 0.15) is 18.2 Å². The average Bonchev–Trinajstić information content (AvgIpc) is 3.01. The van der Waals surface area contributed by atoms with Gasteiger partial charge in [0, 0.05) is 39.2 Å². The fraction of sp³-hybridized carbons (Fsp3) is 0.615. The maximum Gasteiger partial charge on any atom is 0.224 e. The molecule has 1 aliphatic heterocycles. The fourth-order valence-corrected chi connectivity index (χ4v) is 2.28. The Labute approximate surface area is 124 Å². The molecule has 0 unspecified atom stereocenters. The number of likely N-dealkylation sites (tertiary alicyclic amines) is 1. The highest BCUT2D eigenvalue weighted by molar-refractivity contribution is 5.76. The number of carbonyl (C=O) groups excluding carboxylic acids is 1. The summed E-state index contributed by atoms with van der Waals surface area (Å²) in [6, 6.07) is 1.69. The van der Waals surface area contributed by atoms with E-state index in [1.807, 2.05) is 4.90 Å². The lowest BCUT2D eigenvalue weighted by atomic mass is 10.3. The highest BCUT2D eigenvalue weighted by Gasteiger charge is 2.17. The van der Waals surface area contributed by atoms with Gasteiger partial charge in [-0.15, -0.1) is 0 Å². The van der Waals surface area contributed by atoms with E-state index in [4.69, 9.17) is 10.6 Å². The maximum absolute atomic E-state index is 11.9. The number of nitrogens with two attached hydrogens (primary N) is 1. The Morgan fingerprint density at radius 1 is 1.38 bits per heavy atom. The summed E-state index contributed by atoms with van der Waals surface area (Å²) in [5.41, 5.74) is 2.49. The third-order valence-electron chi connectivity index (χ3n) is 3.30. The summed E-state index contributed by atoms with van der Waals surface area (Å²) in [7, 11) is 1.58. The van der Waals surface area contributed by atoms with E-state index in [2.05, 4.69) is 20.7 Å². The summed E-state index contributed by atoms with van der Waals surface area (Å²) in [6.07, 6.45) is 2.67. The van der Waals surface area contributed by atoms with E-state index in [1.165, 1.54) is 0 Å². The number of hydrogen-bond acceptors (Lipinski definition) is 7. The van der Waals surface area contributed by atoms with Gasteiger partial charge in [-0.3, -0.25) is 4.79 Å². The zero-order chi connectivity index (χ0) is 15.1. The minimum Gasteiger partial charge on any atom is -0.377 e. The van der Waals surface area contributed by atoms with Gasteiger partial charge in [-0.25, -0.2) is 15.8 Å². The molecular formula is C13H22N6O2. The Morgan fingerprint density at radius 3 is 2.76 bits per heavy atom. The third-order valence-corrected chi connectivity index (χ3v) is 3.30. The van der Waals surface area contributed by atoms with E-state index in [1.54, 1.807) is 13.2 Å². The number of hydrazine groups is 1. The fourth-order valence-electron chi connectivity index (χ4n) is 2.28. The number of methoxy groups -OCH3 is 1. The minimum atomic E-state index is 0.184. The van der Waals surface area contributed by atoms with Crippen LogP contribution >= 0.6 is 0 Å². The normalized spacial score (nSPS) is 14.3.